The number of hydrogen-bond donors (Lipinski definition) is 4. The minimum Gasteiger partial charge on any atom is -0.667 e. The highest BCUT2D eigenvalue weighted by molar-refractivity contribution is 5.42. The number of nitrogens with two attached hydrogens (primary N) is 1. The molecule has 2 fully saturated rings. The molecule has 5 atom stereocenters. The maximum Gasteiger partial charge on any atom is 0.161 e. The van der Waals surface area contributed by atoms with E-state index >= 15 is 0 Å². The fourth-order valence-corrected chi connectivity index (χ4v) is 8.24. The van der Waals surface area contributed by atoms with E-state index in [4.69, 9.17) is 15.5 Å². The number of aryl methyl sites for hydroxylation is 1. The first-order chi connectivity index (χ1) is 21.9. The van der Waals surface area contributed by atoms with E-state index in [1.807, 2.05) is 30.5 Å². The Kier molecular flexibility index (Phi) is 11.8. The number of phenolic OH excluding ortho intramolecular Hbond substituents is 1. The summed E-state index contributed by atoms with van der Waals surface area (Å²) in [6, 6.07) is 13.7. The number of nitrogens with zero attached hydrogens (tertiary/aromatic N) is 2. The van der Waals surface area contributed by atoms with Crippen LogP contribution in [0.15, 0.2) is 54.9 Å². The lowest BCUT2D eigenvalue weighted by molar-refractivity contribution is 0.0352. The van der Waals surface area contributed by atoms with E-state index in [1.165, 1.54) is 32.1 Å². The Morgan fingerprint density at radius 2 is 1.84 bits per heavy atom. The predicted molar refractivity (Wildman–Crippen MR) is 179 cm³/mol. The summed E-state index contributed by atoms with van der Waals surface area (Å²) in [4.78, 5) is 9.05. The molecule has 246 valence electrons. The third-order valence-electron chi connectivity index (χ3n) is 10.9. The topological polar surface area (TPSA) is 123 Å². The summed E-state index contributed by atoms with van der Waals surface area (Å²) in [6.07, 6.45) is 17.7. The van der Waals surface area contributed by atoms with Crippen LogP contribution >= 0.6 is 0 Å². The Morgan fingerprint density at radius 1 is 1.00 bits per heavy atom. The number of aromatic nitrogens is 2. The Bertz CT molecular complexity index is 1310. The molecule has 0 spiro atoms. The van der Waals surface area contributed by atoms with Gasteiger partial charge in [-0.2, -0.15) is 11.9 Å². The molecule has 5 N–H and O–H groups in total. The van der Waals surface area contributed by atoms with Crippen LogP contribution in [0.25, 0.3) is 0 Å². The first-order valence-electron chi connectivity index (χ1n) is 17.5. The van der Waals surface area contributed by atoms with Crippen LogP contribution in [0, 0.1) is 11.8 Å². The second-order valence-corrected chi connectivity index (χ2v) is 13.8. The standard InChI is InChI=1S/C38H54N3O4/c1-2-27-8-6-9-29(14-11-27)34(44)26-31(42)15-12-28-13-16-33(43)35(24-28)45-23-18-32(30-17-22-41-37(39)25-30)38(19-4-3-5-20-38)36-10-7-21-40-36/h7,10,13,16-17,21-22,24-25,27,29,31-32,34,42-44H,2-6,8-9,11-12,14-15,18-20,23,26H2,1H3,(H2,39,41)/q-1/t27-,29+,31+,32+,34+/m0/s1. The van der Waals surface area contributed by atoms with Crippen LogP contribution in [0.4, 0.5) is 5.82 Å². The summed E-state index contributed by atoms with van der Waals surface area (Å²) in [5, 5.41) is 32.4. The molecular weight excluding hydrogens is 562 g/mol. The number of rotatable bonds is 14. The lowest BCUT2D eigenvalue weighted by Crippen LogP contribution is -2.37. The van der Waals surface area contributed by atoms with Crippen LogP contribution in [0.3, 0.4) is 0 Å². The minimum absolute atomic E-state index is 0.0992. The Morgan fingerprint density at radius 3 is 2.60 bits per heavy atom. The van der Waals surface area contributed by atoms with Crippen LogP contribution in [0.5, 0.6) is 11.5 Å². The molecule has 2 aliphatic rings. The SMILES string of the molecule is CC[C@H]1CCC[C@@H]([C@H](O)C[C@H](O)CCc2ccc(O)c(OCC[C@H](c3ccnc(N)c3)C3(c4ccc[n-]4)CCCCC3)c2)CC1. The number of nitrogen functional groups attached to an aromatic ring is 1. The van der Waals surface area contributed by atoms with Gasteiger partial charge in [0.05, 0.1) is 18.8 Å². The fourth-order valence-electron chi connectivity index (χ4n) is 8.24. The summed E-state index contributed by atoms with van der Waals surface area (Å²) in [5.74, 6) is 2.31. The third-order valence-corrected chi connectivity index (χ3v) is 10.9. The molecule has 0 saturated heterocycles. The molecule has 0 unspecified atom stereocenters. The monoisotopic (exact) mass is 616 g/mol. The third kappa shape index (κ3) is 8.62. The van der Waals surface area contributed by atoms with Crippen molar-refractivity contribution >= 4 is 5.82 Å². The average molecular weight is 617 g/mol. The van der Waals surface area contributed by atoms with Crippen molar-refractivity contribution in [3.8, 4) is 11.5 Å². The summed E-state index contributed by atoms with van der Waals surface area (Å²) >= 11 is 0. The molecule has 7 nitrogen and oxygen atoms in total. The maximum absolute atomic E-state index is 10.9. The first-order valence-corrected chi connectivity index (χ1v) is 17.5. The van der Waals surface area contributed by atoms with Gasteiger partial charge >= 0.3 is 0 Å². The van der Waals surface area contributed by atoms with Crippen LogP contribution in [-0.2, 0) is 11.8 Å². The zero-order chi connectivity index (χ0) is 31.6. The second kappa shape index (κ2) is 16.0. The van der Waals surface area contributed by atoms with Gasteiger partial charge in [0.25, 0.3) is 0 Å². The molecule has 2 heterocycles. The number of ether oxygens (including phenoxy) is 1. The van der Waals surface area contributed by atoms with Crippen molar-refractivity contribution in [2.75, 3.05) is 12.3 Å². The molecular formula is C38H54N3O4-. The van der Waals surface area contributed by atoms with Gasteiger partial charge < -0.3 is 30.8 Å². The smallest absolute Gasteiger partial charge is 0.161 e. The predicted octanol–water partition coefficient (Wildman–Crippen LogP) is 7.43. The van der Waals surface area contributed by atoms with E-state index in [0.717, 1.165) is 67.7 Å². The zero-order valence-electron chi connectivity index (χ0n) is 27.1. The van der Waals surface area contributed by atoms with Crippen molar-refractivity contribution in [3.63, 3.8) is 0 Å². The number of hydrogen-bond acceptors (Lipinski definition) is 6. The van der Waals surface area contributed by atoms with Crippen molar-refractivity contribution < 1.29 is 20.1 Å². The fraction of sp³-hybridized carbons (Fsp3) is 0.605. The molecule has 0 radical (unpaired) electrons. The Hall–Kier alpha value is -3.03. The van der Waals surface area contributed by atoms with Crippen molar-refractivity contribution in [1.29, 1.82) is 0 Å². The quantitative estimate of drug-likeness (QED) is 0.139. The largest absolute Gasteiger partial charge is 0.667 e. The number of phenols is 1. The molecule has 1 aromatic carbocycles. The van der Waals surface area contributed by atoms with Gasteiger partial charge in [-0.05, 0) is 110 Å². The van der Waals surface area contributed by atoms with Crippen LogP contribution in [-0.4, -0.2) is 39.1 Å². The van der Waals surface area contributed by atoms with E-state index in [1.54, 1.807) is 12.3 Å². The van der Waals surface area contributed by atoms with Gasteiger partial charge in [-0.25, -0.2) is 4.98 Å². The van der Waals surface area contributed by atoms with E-state index in [-0.39, 0.29) is 17.1 Å². The van der Waals surface area contributed by atoms with Crippen molar-refractivity contribution in [2.45, 2.75) is 127 Å². The molecule has 0 amide bonds. The highest BCUT2D eigenvalue weighted by Crippen LogP contribution is 2.50. The summed E-state index contributed by atoms with van der Waals surface area (Å²) in [6.45, 7) is 2.69. The highest BCUT2D eigenvalue weighted by atomic mass is 16.5. The number of aliphatic hydroxyl groups excluding tert-OH is 2. The van der Waals surface area contributed by atoms with Crippen LogP contribution in [0.1, 0.15) is 120 Å². The molecule has 2 saturated carbocycles. The normalized spacial score (nSPS) is 22.3. The van der Waals surface area contributed by atoms with E-state index < -0.39 is 12.2 Å². The van der Waals surface area contributed by atoms with Crippen LogP contribution < -0.4 is 15.5 Å². The maximum atomic E-state index is 10.9. The molecule has 5 rings (SSSR count). The molecule has 45 heavy (non-hydrogen) atoms. The van der Waals surface area contributed by atoms with Gasteiger partial charge in [-0.3, -0.25) is 0 Å². The van der Waals surface area contributed by atoms with E-state index in [9.17, 15) is 15.3 Å². The molecule has 3 aromatic rings. The summed E-state index contributed by atoms with van der Waals surface area (Å²) in [7, 11) is 0. The number of anilines is 1. The molecule has 2 aromatic heterocycles. The lowest BCUT2D eigenvalue weighted by atomic mass is 9.61. The van der Waals surface area contributed by atoms with Crippen LogP contribution in [0.2, 0.25) is 0 Å². The van der Waals surface area contributed by atoms with Gasteiger partial charge in [-0.15, -0.1) is 0 Å². The lowest BCUT2D eigenvalue weighted by Gasteiger charge is -2.47. The number of pyridine rings is 1. The second-order valence-electron chi connectivity index (χ2n) is 13.8. The number of aliphatic hydroxyl groups is 2. The number of aromatic hydroxyl groups is 1. The molecule has 2 aliphatic carbocycles. The summed E-state index contributed by atoms with van der Waals surface area (Å²) < 4.78 is 6.27. The van der Waals surface area contributed by atoms with Gasteiger partial charge in [0.2, 0.25) is 0 Å². The molecule has 0 bridgehead atoms. The van der Waals surface area contributed by atoms with Crippen molar-refractivity contribution in [3.05, 3.63) is 71.7 Å². The average Bonchev–Trinajstić information content (AvgIpc) is 3.49. The number of benzene rings is 1. The van der Waals surface area contributed by atoms with E-state index in [0.29, 0.717) is 43.4 Å². The van der Waals surface area contributed by atoms with Gasteiger partial charge in [0.15, 0.2) is 11.5 Å². The van der Waals surface area contributed by atoms with Crippen molar-refractivity contribution in [1.82, 2.24) is 9.97 Å². The zero-order valence-corrected chi connectivity index (χ0v) is 27.1. The molecule has 7 heteroatoms. The van der Waals surface area contributed by atoms with Crippen molar-refractivity contribution in [2.24, 2.45) is 11.8 Å². The van der Waals surface area contributed by atoms with Gasteiger partial charge in [-0.1, -0.05) is 70.1 Å². The highest BCUT2D eigenvalue weighted by Gasteiger charge is 2.40. The Balaban J connectivity index is 1.20. The van der Waals surface area contributed by atoms with Gasteiger partial charge in [0.1, 0.15) is 5.82 Å². The molecule has 0 aliphatic heterocycles. The first kappa shape index (κ1) is 33.3. The summed E-state index contributed by atoms with van der Waals surface area (Å²) in [5.41, 5.74) is 9.34. The Labute approximate surface area is 269 Å². The minimum atomic E-state index is -0.562. The van der Waals surface area contributed by atoms with Gasteiger partial charge in [0, 0.05) is 6.20 Å². The van der Waals surface area contributed by atoms with E-state index in [2.05, 4.69) is 24.0 Å².